The first-order valence-electron chi connectivity index (χ1n) is 9.55. The largest absolute Gasteiger partial charge is 0.471 e. The molecular formula is C20H13F7N4O2S2. The molecule has 1 aliphatic heterocycles. The standard InChI is InChI=1S/C20H13F7N4O2S2/c1-35(33)11-4-15(34-8-11)16-12(19(22,23)24)5-28-18(30-16)29-14-3-10-7-31(17(32)20(25,26)27)6-9(10)2-13(14)21/h2-5,8H,6-7H2,1H3,(H,28,29,30). The van der Waals surface area contributed by atoms with Crippen molar-refractivity contribution in [1.29, 1.82) is 0 Å². The molecule has 1 atom stereocenters. The summed E-state index contributed by atoms with van der Waals surface area (Å²) in [4.78, 5) is 19.8. The Labute approximate surface area is 199 Å². The first-order valence-corrected chi connectivity index (χ1v) is 12.0. The summed E-state index contributed by atoms with van der Waals surface area (Å²) in [5, 5.41) is 3.87. The van der Waals surface area contributed by atoms with E-state index in [0.29, 0.717) is 16.0 Å². The van der Waals surface area contributed by atoms with E-state index in [-0.39, 0.29) is 21.7 Å². The second-order valence-corrected chi connectivity index (χ2v) is 9.73. The summed E-state index contributed by atoms with van der Waals surface area (Å²) in [6.45, 7) is -0.862. The predicted molar refractivity (Wildman–Crippen MR) is 113 cm³/mol. The maximum Gasteiger partial charge on any atom is 0.471 e. The van der Waals surface area contributed by atoms with Crippen molar-refractivity contribution < 1.29 is 39.7 Å². The molecule has 35 heavy (non-hydrogen) atoms. The molecular weight excluding hydrogens is 525 g/mol. The Hall–Kier alpha value is -3.07. The van der Waals surface area contributed by atoms with Crippen LogP contribution in [0, 0.1) is 5.82 Å². The van der Waals surface area contributed by atoms with Crippen LogP contribution in [0.4, 0.5) is 42.4 Å². The fourth-order valence-corrected chi connectivity index (χ4v) is 5.21. The van der Waals surface area contributed by atoms with Gasteiger partial charge >= 0.3 is 18.3 Å². The van der Waals surface area contributed by atoms with E-state index in [9.17, 15) is 39.7 Å². The number of halogens is 7. The number of anilines is 2. The molecule has 0 saturated heterocycles. The summed E-state index contributed by atoms with van der Waals surface area (Å²) in [7, 11) is -1.44. The van der Waals surface area contributed by atoms with Crippen molar-refractivity contribution in [1.82, 2.24) is 14.9 Å². The number of alkyl halides is 6. The van der Waals surface area contributed by atoms with E-state index in [4.69, 9.17) is 0 Å². The van der Waals surface area contributed by atoms with Crippen LogP contribution in [0.5, 0.6) is 0 Å². The van der Waals surface area contributed by atoms with Crippen LogP contribution in [0.2, 0.25) is 0 Å². The van der Waals surface area contributed by atoms with Gasteiger partial charge in [0.25, 0.3) is 0 Å². The van der Waals surface area contributed by atoms with Gasteiger partial charge in [-0.3, -0.25) is 9.00 Å². The van der Waals surface area contributed by atoms with E-state index < -0.39 is 65.2 Å². The van der Waals surface area contributed by atoms with Crippen molar-refractivity contribution in [2.45, 2.75) is 30.3 Å². The molecule has 1 aromatic carbocycles. The molecule has 1 aliphatic rings. The van der Waals surface area contributed by atoms with Gasteiger partial charge in [0, 0.05) is 35.8 Å². The van der Waals surface area contributed by atoms with Crippen LogP contribution < -0.4 is 5.32 Å². The highest BCUT2D eigenvalue weighted by Gasteiger charge is 2.44. The monoisotopic (exact) mass is 538 g/mol. The zero-order valence-electron chi connectivity index (χ0n) is 17.4. The van der Waals surface area contributed by atoms with Crippen LogP contribution >= 0.6 is 11.3 Å². The van der Waals surface area contributed by atoms with Gasteiger partial charge in [0.15, 0.2) is 0 Å². The molecule has 2 aromatic heterocycles. The molecule has 0 bridgehead atoms. The summed E-state index contributed by atoms with van der Waals surface area (Å²) in [5.41, 5.74) is -1.57. The highest BCUT2D eigenvalue weighted by atomic mass is 32.2. The maximum absolute atomic E-state index is 14.6. The normalized spacial score (nSPS) is 14.7. The Kier molecular flexibility index (Phi) is 6.34. The van der Waals surface area contributed by atoms with Gasteiger partial charge in [-0.25, -0.2) is 14.4 Å². The highest BCUT2D eigenvalue weighted by Crippen LogP contribution is 2.39. The molecule has 6 nitrogen and oxygen atoms in total. The SMILES string of the molecule is CS(=O)c1csc(-c2nc(Nc3cc4c(cc3F)CN(C(=O)C(F)(F)F)C4)ncc2C(F)(F)F)c1. The lowest BCUT2D eigenvalue weighted by Crippen LogP contribution is -2.37. The van der Waals surface area contributed by atoms with Crippen molar-refractivity contribution in [3.63, 3.8) is 0 Å². The molecule has 0 radical (unpaired) electrons. The molecule has 0 spiro atoms. The number of hydrogen-bond donors (Lipinski definition) is 1. The number of thiophene rings is 1. The van der Waals surface area contributed by atoms with Crippen LogP contribution in [-0.4, -0.2) is 37.4 Å². The van der Waals surface area contributed by atoms with Crippen molar-refractivity contribution >= 4 is 39.7 Å². The number of carbonyl (C=O) groups excluding carboxylic acids is 1. The number of amides is 1. The van der Waals surface area contributed by atoms with Gasteiger partial charge < -0.3 is 10.2 Å². The first kappa shape index (κ1) is 25.0. The summed E-state index contributed by atoms with van der Waals surface area (Å²) in [6.07, 6.45) is -8.01. The molecule has 0 aliphatic carbocycles. The van der Waals surface area contributed by atoms with Crippen molar-refractivity contribution in [2.75, 3.05) is 11.6 Å². The van der Waals surface area contributed by atoms with Gasteiger partial charge in [0.2, 0.25) is 5.95 Å². The summed E-state index contributed by atoms with van der Waals surface area (Å²) < 4.78 is 105. The maximum atomic E-state index is 14.6. The lowest BCUT2D eigenvalue weighted by atomic mass is 10.1. The number of hydrogen-bond acceptors (Lipinski definition) is 6. The van der Waals surface area contributed by atoms with E-state index in [1.807, 2.05) is 0 Å². The number of nitrogens with one attached hydrogen (secondary N) is 1. The number of fused-ring (bicyclic) bond motifs is 1. The third-order valence-electron chi connectivity index (χ3n) is 5.02. The van der Waals surface area contributed by atoms with Crippen molar-refractivity contribution in [3.8, 4) is 10.6 Å². The minimum atomic E-state index is -5.09. The Bertz CT molecular complexity index is 1340. The van der Waals surface area contributed by atoms with E-state index in [0.717, 1.165) is 23.5 Å². The molecule has 0 saturated carbocycles. The minimum Gasteiger partial charge on any atom is -0.326 e. The van der Waals surface area contributed by atoms with Crippen molar-refractivity contribution in [2.24, 2.45) is 0 Å². The Balaban J connectivity index is 1.66. The van der Waals surface area contributed by atoms with E-state index in [2.05, 4.69) is 15.3 Å². The van der Waals surface area contributed by atoms with Crippen LogP contribution in [0.15, 0.2) is 34.7 Å². The van der Waals surface area contributed by atoms with E-state index in [1.54, 1.807) is 0 Å². The smallest absolute Gasteiger partial charge is 0.326 e. The molecule has 3 aromatic rings. The third kappa shape index (κ3) is 5.15. The second-order valence-electron chi connectivity index (χ2n) is 7.44. The van der Waals surface area contributed by atoms with Gasteiger partial charge in [-0.2, -0.15) is 26.3 Å². The molecule has 4 rings (SSSR count). The number of rotatable bonds is 4. The molecule has 3 heterocycles. The molecule has 1 N–H and O–H groups in total. The lowest BCUT2D eigenvalue weighted by Gasteiger charge is -2.16. The summed E-state index contributed by atoms with van der Waals surface area (Å²) >= 11 is 0.886. The van der Waals surface area contributed by atoms with Crippen molar-refractivity contribution in [3.05, 3.63) is 52.3 Å². The predicted octanol–water partition coefficient (Wildman–Crippen LogP) is 5.25. The van der Waals surface area contributed by atoms with E-state index >= 15 is 0 Å². The Morgan fingerprint density at radius 1 is 1.11 bits per heavy atom. The average molecular weight is 538 g/mol. The molecule has 1 unspecified atom stereocenters. The molecule has 186 valence electrons. The summed E-state index contributed by atoms with van der Waals surface area (Å²) in [5.74, 6) is -3.39. The first-order chi connectivity index (χ1) is 16.2. The fraction of sp³-hybridized carbons (Fsp3) is 0.250. The van der Waals surface area contributed by atoms with Gasteiger partial charge in [0.1, 0.15) is 11.4 Å². The highest BCUT2D eigenvalue weighted by molar-refractivity contribution is 7.84. The van der Waals surface area contributed by atoms with Crippen LogP contribution in [0.3, 0.4) is 0 Å². The Morgan fingerprint density at radius 2 is 1.77 bits per heavy atom. The van der Waals surface area contributed by atoms with Gasteiger partial charge in [-0.1, -0.05) is 0 Å². The minimum absolute atomic E-state index is 0.0590. The Morgan fingerprint density at radius 3 is 2.34 bits per heavy atom. The van der Waals surface area contributed by atoms with Gasteiger partial charge in [0.05, 0.1) is 27.1 Å². The number of carbonyl (C=O) groups is 1. The number of benzene rings is 1. The lowest BCUT2D eigenvalue weighted by molar-refractivity contribution is -0.186. The average Bonchev–Trinajstić information content (AvgIpc) is 3.39. The third-order valence-corrected chi connectivity index (χ3v) is 7.01. The zero-order chi connectivity index (χ0) is 25.7. The topological polar surface area (TPSA) is 75.2 Å². The molecule has 15 heteroatoms. The molecule has 0 fully saturated rings. The fourth-order valence-electron chi connectivity index (χ4n) is 3.39. The van der Waals surface area contributed by atoms with Crippen LogP contribution in [0.1, 0.15) is 16.7 Å². The van der Waals surface area contributed by atoms with Gasteiger partial charge in [-0.05, 0) is 29.3 Å². The van der Waals surface area contributed by atoms with E-state index in [1.165, 1.54) is 17.7 Å². The van der Waals surface area contributed by atoms with Gasteiger partial charge in [-0.15, -0.1) is 11.3 Å². The zero-order valence-corrected chi connectivity index (χ0v) is 19.1. The van der Waals surface area contributed by atoms with Crippen LogP contribution in [0.25, 0.3) is 10.6 Å². The molecule has 1 amide bonds. The summed E-state index contributed by atoms with van der Waals surface area (Å²) in [6, 6.07) is 3.39. The quantitative estimate of drug-likeness (QED) is 0.460. The number of aromatic nitrogens is 2. The number of nitrogens with zero attached hydrogens (tertiary/aromatic N) is 3. The second kappa shape index (κ2) is 8.86. The van der Waals surface area contributed by atoms with Crippen LogP contribution in [-0.2, 0) is 34.9 Å².